The quantitative estimate of drug-likeness (QED) is 0.293. The van der Waals surface area contributed by atoms with Crippen molar-refractivity contribution < 1.29 is 4.74 Å². The van der Waals surface area contributed by atoms with Crippen LogP contribution in [0.2, 0.25) is 0 Å². The molecule has 0 spiro atoms. The SMILES string of the molecule is C=C/C=C\c1c(-c2csc(C(=N/C(C)=C\C)C(C)CC)n2)c[nH]c1C.CCC.CCCOC. The minimum Gasteiger partial charge on any atom is -0.385 e. The van der Waals surface area contributed by atoms with Crippen LogP contribution in [0.5, 0.6) is 0 Å². The zero-order valence-electron chi connectivity index (χ0n) is 22.3. The summed E-state index contributed by atoms with van der Waals surface area (Å²) in [4.78, 5) is 13.0. The van der Waals surface area contributed by atoms with Crippen LogP contribution in [0.4, 0.5) is 0 Å². The lowest BCUT2D eigenvalue weighted by atomic mass is 10.0. The number of ether oxygens (including phenoxy) is 1. The second-order valence-corrected chi connectivity index (χ2v) is 8.67. The minimum absolute atomic E-state index is 0.377. The van der Waals surface area contributed by atoms with E-state index in [1.54, 1.807) is 24.5 Å². The molecule has 5 heteroatoms. The van der Waals surface area contributed by atoms with Crippen molar-refractivity contribution in [2.45, 2.75) is 74.7 Å². The van der Waals surface area contributed by atoms with Crippen molar-refractivity contribution in [3.63, 3.8) is 0 Å². The molecule has 2 rings (SSSR count). The second kappa shape index (κ2) is 18.2. The second-order valence-electron chi connectivity index (χ2n) is 7.81. The number of hydrogen-bond acceptors (Lipinski definition) is 4. The Morgan fingerprint density at radius 1 is 1.30 bits per heavy atom. The highest BCUT2D eigenvalue weighted by Crippen LogP contribution is 2.30. The standard InChI is InChI=1S/C21H27N3S.C4H10O.C3H8/c1-7-10-11-17-16(6)22-12-18(17)19-13-25-21(24-19)20(14(4)8-2)23-15(5)9-3;1-3-4-5-2;1-3-2/h7,9-14,22H,1,8H2,2-6H3;3-4H2,1-2H3;3H2,1-2H3/b11-10-,15-9-,23-20?;;. The van der Waals surface area contributed by atoms with E-state index < -0.39 is 0 Å². The summed E-state index contributed by atoms with van der Waals surface area (Å²) in [5.74, 6) is 0.377. The number of H-pyrrole nitrogens is 1. The lowest BCUT2D eigenvalue weighted by Crippen LogP contribution is -2.12. The van der Waals surface area contributed by atoms with E-state index in [0.29, 0.717) is 5.92 Å². The van der Waals surface area contributed by atoms with Gasteiger partial charge in [-0.05, 0) is 33.6 Å². The molecule has 4 nitrogen and oxygen atoms in total. The van der Waals surface area contributed by atoms with E-state index in [-0.39, 0.29) is 0 Å². The number of methoxy groups -OCH3 is 1. The van der Waals surface area contributed by atoms with Crippen LogP contribution in [0.1, 0.15) is 84.0 Å². The van der Waals surface area contributed by atoms with E-state index in [1.807, 2.05) is 32.2 Å². The van der Waals surface area contributed by atoms with Gasteiger partial charge in [-0.2, -0.15) is 0 Å². The van der Waals surface area contributed by atoms with Crippen molar-refractivity contribution in [2.75, 3.05) is 13.7 Å². The van der Waals surface area contributed by atoms with Crippen LogP contribution in [0.25, 0.3) is 17.3 Å². The molecule has 1 unspecified atom stereocenters. The van der Waals surface area contributed by atoms with E-state index in [4.69, 9.17) is 14.7 Å². The Labute approximate surface area is 206 Å². The van der Waals surface area contributed by atoms with Gasteiger partial charge in [0.2, 0.25) is 0 Å². The summed E-state index contributed by atoms with van der Waals surface area (Å²) in [6.07, 6.45) is 13.3. The number of aliphatic imine (C=N–C) groups is 1. The summed E-state index contributed by atoms with van der Waals surface area (Å²) < 4.78 is 4.69. The first kappa shape index (κ1) is 30.8. The van der Waals surface area contributed by atoms with Crippen molar-refractivity contribution in [1.29, 1.82) is 0 Å². The molecule has 184 valence electrons. The predicted molar refractivity (Wildman–Crippen MR) is 149 cm³/mol. The first-order valence-corrected chi connectivity index (χ1v) is 12.9. The Hall–Kier alpha value is -2.24. The van der Waals surface area contributed by atoms with Gasteiger partial charge in [0.25, 0.3) is 0 Å². The maximum absolute atomic E-state index is 4.90. The molecule has 0 amide bonds. The van der Waals surface area contributed by atoms with Crippen LogP contribution in [-0.4, -0.2) is 29.4 Å². The van der Waals surface area contributed by atoms with E-state index in [1.165, 1.54) is 6.42 Å². The Bertz CT molecular complexity index is 885. The number of hydrogen-bond donors (Lipinski definition) is 1. The van der Waals surface area contributed by atoms with Crippen molar-refractivity contribution in [3.05, 3.63) is 58.3 Å². The average Bonchev–Trinajstić information content (AvgIpc) is 3.43. The highest BCUT2D eigenvalue weighted by atomic mass is 32.1. The zero-order valence-corrected chi connectivity index (χ0v) is 23.1. The number of aromatic amines is 1. The van der Waals surface area contributed by atoms with Crippen LogP contribution in [0.15, 0.2) is 47.1 Å². The molecule has 0 bridgehead atoms. The lowest BCUT2D eigenvalue weighted by Gasteiger charge is -2.10. The molecule has 0 radical (unpaired) electrons. The molecule has 1 atom stereocenters. The number of aromatic nitrogens is 2. The summed E-state index contributed by atoms with van der Waals surface area (Å²) in [5.41, 5.74) is 6.49. The minimum atomic E-state index is 0.377. The van der Waals surface area contributed by atoms with Gasteiger partial charge in [-0.25, -0.2) is 4.98 Å². The number of allylic oxidation sites excluding steroid dienone is 4. The van der Waals surface area contributed by atoms with Gasteiger partial charge in [-0.3, -0.25) is 4.99 Å². The highest BCUT2D eigenvalue weighted by molar-refractivity contribution is 7.12. The smallest absolute Gasteiger partial charge is 0.138 e. The van der Waals surface area contributed by atoms with Gasteiger partial charge in [-0.15, -0.1) is 11.3 Å². The fourth-order valence-corrected chi connectivity index (χ4v) is 3.59. The molecule has 0 aliphatic heterocycles. The molecule has 0 saturated carbocycles. The lowest BCUT2D eigenvalue weighted by molar-refractivity contribution is 0.199. The van der Waals surface area contributed by atoms with Crippen molar-refractivity contribution in [1.82, 2.24) is 9.97 Å². The van der Waals surface area contributed by atoms with Crippen molar-refractivity contribution in [3.8, 4) is 11.3 Å². The van der Waals surface area contributed by atoms with Crippen molar-refractivity contribution in [2.24, 2.45) is 10.9 Å². The first-order valence-electron chi connectivity index (χ1n) is 12.0. The first-order chi connectivity index (χ1) is 15.8. The average molecular weight is 472 g/mol. The fraction of sp³-hybridized carbons (Fsp3) is 0.500. The normalized spacial score (nSPS) is 12.6. The molecule has 1 N–H and O–H groups in total. The number of nitrogens with one attached hydrogen (secondary N) is 1. The summed E-state index contributed by atoms with van der Waals surface area (Å²) in [6.45, 7) is 21.5. The van der Waals surface area contributed by atoms with Gasteiger partial charge in [0, 0.05) is 53.7 Å². The maximum Gasteiger partial charge on any atom is 0.138 e. The summed E-state index contributed by atoms with van der Waals surface area (Å²) in [5, 5.41) is 3.12. The number of nitrogens with zero attached hydrogens (tertiary/aromatic N) is 2. The monoisotopic (exact) mass is 471 g/mol. The molecular weight excluding hydrogens is 426 g/mol. The fourth-order valence-electron chi connectivity index (χ4n) is 2.66. The van der Waals surface area contributed by atoms with E-state index >= 15 is 0 Å². The van der Waals surface area contributed by atoms with Crippen LogP contribution < -0.4 is 0 Å². The van der Waals surface area contributed by atoms with Gasteiger partial charge in [-0.1, -0.05) is 71.9 Å². The molecule has 2 aromatic rings. The molecule has 0 saturated heterocycles. The Morgan fingerprint density at radius 3 is 2.45 bits per heavy atom. The molecule has 0 aliphatic rings. The third-order valence-corrected chi connectivity index (χ3v) is 5.59. The Balaban J connectivity index is 0.00000111. The third-order valence-electron chi connectivity index (χ3n) is 4.73. The van der Waals surface area contributed by atoms with Crippen LogP contribution in [0, 0.1) is 12.8 Å². The zero-order chi connectivity index (χ0) is 25.2. The third kappa shape index (κ3) is 11.0. The predicted octanol–water partition coefficient (Wildman–Crippen LogP) is 8.86. The largest absolute Gasteiger partial charge is 0.385 e. The van der Waals surface area contributed by atoms with Gasteiger partial charge in [0.15, 0.2) is 0 Å². The molecule has 2 aromatic heterocycles. The van der Waals surface area contributed by atoms with E-state index in [0.717, 1.165) is 58.4 Å². The summed E-state index contributed by atoms with van der Waals surface area (Å²) >= 11 is 1.66. The van der Waals surface area contributed by atoms with Crippen molar-refractivity contribution >= 4 is 23.1 Å². The highest BCUT2D eigenvalue weighted by Gasteiger charge is 2.18. The van der Waals surface area contributed by atoms with Crippen LogP contribution in [-0.2, 0) is 4.74 Å². The van der Waals surface area contributed by atoms with Crippen LogP contribution in [0.3, 0.4) is 0 Å². The topological polar surface area (TPSA) is 50.3 Å². The Kier molecular flexibility index (Phi) is 17.0. The van der Waals surface area contributed by atoms with E-state index in [9.17, 15) is 0 Å². The Morgan fingerprint density at radius 2 is 1.97 bits per heavy atom. The molecule has 0 aromatic carbocycles. The molecule has 0 fully saturated rings. The van der Waals surface area contributed by atoms with Crippen LogP contribution >= 0.6 is 11.3 Å². The molecular formula is C28H45N3OS. The molecule has 0 aliphatic carbocycles. The maximum atomic E-state index is 4.90. The summed E-state index contributed by atoms with van der Waals surface area (Å²) in [6, 6.07) is 0. The van der Waals surface area contributed by atoms with Gasteiger partial charge < -0.3 is 9.72 Å². The van der Waals surface area contributed by atoms with Gasteiger partial charge in [0.05, 0.1) is 11.4 Å². The van der Waals surface area contributed by atoms with E-state index in [2.05, 4.69) is 64.6 Å². The number of thiazole rings is 1. The van der Waals surface area contributed by atoms with Gasteiger partial charge in [0.1, 0.15) is 5.01 Å². The summed E-state index contributed by atoms with van der Waals surface area (Å²) in [7, 11) is 1.71. The molecule has 2 heterocycles. The molecule has 33 heavy (non-hydrogen) atoms. The number of aryl methyl sites for hydroxylation is 1. The van der Waals surface area contributed by atoms with Gasteiger partial charge >= 0.3 is 0 Å². The number of rotatable bonds is 9.